The lowest BCUT2D eigenvalue weighted by Crippen LogP contribution is -2.54. The molecule has 0 amide bonds. The van der Waals surface area contributed by atoms with Crippen molar-refractivity contribution in [2.75, 3.05) is 38.2 Å². The molecule has 1 saturated heterocycles. The lowest BCUT2D eigenvalue weighted by molar-refractivity contribution is 0.0172. The number of aliphatic hydroxyl groups excluding tert-OH is 1. The van der Waals surface area contributed by atoms with E-state index >= 15 is 0 Å². The molecule has 2 heterocycles. The summed E-state index contributed by atoms with van der Waals surface area (Å²) >= 11 is 0. The predicted molar refractivity (Wildman–Crippen MR) is 80.6 cm³/mol. The molecule has 6 nitrogen and oxygen atoms in total. The van der Waals surface area contributed by atoms with Crippen LogP contribution < -0.4 is 9.64 Å². The summed E-state index contributed by atoms with van der Waals surface area (Å²) in [5.41, 5.74) is 0. The van der Waals surface area contributed by atoms with E-state index in [0.717, 1.165) is 51.4 Å². The molecule has 1 aromatic heterocycles. The van der Waals surface area contributed by atoms with E-state index < -0.39 is 0 Å². The molecule has 2 fully saturated rings. The molecule has 1 aromatic rings. The number of rotatable bonds is 3. The Hall–Kier alpha value is -1.40. The molecule has 1 aliphatic carbocycles. The number of piperazine rings is 1. The van der Waals surface area contributed by atoms with Gasteiger partial charge in [-0.05, 0) is 12.8 Å². The molecule has 2 atom stereocenters. The quantitative estimate of drug-likeness (QED) is 0.893. The summed E-state index contributed by atoms with van der Waals surface area (Å²) in [5, 5.41) is 10.2. The predicted octanol–water partition coefficient (Wildman–Crippen LogP) is 0.911. The van der Waals surface area contributed by atoms with Crippen molar-refractivity contribution in [1.29, 1.82) is 0 Å². The maximum Gasteiger partial charge on any atom is 0.228 e. The fraction of sp³-hybridized carbons (Fsp3) is 0.733. The molecule has 0 spiro atoms. The second kappa shape index (κ2) is 6.58. The van der Waals surface area contributed by atoms with Gasteiger partial charge in [-0.15, -0.1) is 0 Å². The Balaban J connectivity index is 1.59. The molecule has 3 rings (SSSR count). The zero-order chi connectivity index (χ0) is 14.7. The van der Waals surface area contributed by atoms with Gasteiger partial charge in [0, 0.05) is 44.5 Å². The lowest BCUT2D eigenvalue weighted by atomic mass is 9.91. The largest absolute Gasteiger partial charge is 0.481 e. The van der Waals surface area contributed by atoms with Crippen LogP contribution in [-0.2, 0) is 0 Å². The first kappa shape index (κ1) is 14.5. The Labute approximate surface area is 125 Å². The first-order valence-electron chi connectivity index (χ1n) is 7.82. The fourth-order valence-electron chi connectivity index (χ4n) is 3.37. The fourth-order valence-corrected chi connectivity index (χ4v) is 3.37. The average molecular weight is 292 g/mol. The van der Waals surface area contributed by atoms with Gasteiger partial charge in [-0.25, -0.2) is 4.98 Å². The molecule has 2 aliphatic rings. The molecule has 0 radical (unpaired) electrons. The van der Waals surface area contributed by atoms with Gasteiger partial charge in [0.05, 0.1) is 13.2 Å². The first-order chi connectivity index (χ1) is 10.3. The summed E-state index contributed by atoms with van der Waals surface area (Å²) in [6.45, 7) is 3.72. The first-order valence-corrected chi connectivity index (χ1v) is 7.82. The molecule has 0 aromatic carbocycles. The summed E-state index contributed by atoms with van der Waals surface area (Å²) in [6.07, 6.45) is 6.05. The van der Waals surface area contributed by atoms with E-state index in [2.05, 4.69) is 19.8 Å². The van der Waals surface area contributed by atoms with Gasteiger partial charge >= 0.3 is 0 Å². The van der Waals surface area contributed by atoms with Crippen molar-refractivity contribution in [1.82, 2.24) is 14.9 Å². The molecule has 116 valence electrons. The molecular weight excluding hydrogens is 268 g/mol. The molecule has 1 saturated carbocycles. The third-order valence-electron chi connectivity index (χ3n) is 4.59. The Morgan fingerprint density at radius 2 is 1.95 bits per heavy atom. The number of anilines is 1. The maximum atomic E-state index is 10.2. The van der Waals surface area contributed by atoms with Gasteiger partial charge in [0.15, 0.2) is 0 Å². The number of hydrogen-bond acceptors (Lipinski definition) is 6. The Morgan fingerprint density at radius 3 is 2.67 bits per heavy atom. The van der Waals surface area contributed by atoms with Crippen molar-refractivity contribution in [3.8, 4) is 5.88 Å². The van der Waals surface area contributed by atoms with Crippen molar-refractivity contribution >= 4 is 5.95 Å². The third kappa shape index (κ3) is 3.27. The van der Waals surface area contributed by atoms with Crippen molar-refractivity contribution in [3.63, 3.8) is 0 Å². The van der Waals surface area contributed by atoms with Gasteiger partial charge < -0.3 is 14.7 Å². The van der Waals surface area contributed by atoms with Gasteiger partial charge in [0.2, 0.25) is 11.8 Å². The summed E-state index contributed by atoms with van der Waals surface area (Å²) in [5.74, 6) is 1.34. The highest BCUT2D eigenvalue weighted by molar-refractivity contribution is 5.32. The minimum Gasteiger partial charge on any atom is -0.481 e. The molecule has 21 heavy (non-hydrogen) atoms. The van der Waals surface area contributed by atoms with E-state index in [1.165, 1.54) is 6.42 Å². The standard InChI is InChI=1S/C15H24N4O2/c1-21-14-6-7-16-15(17-14)19-10-8-18(9-11-19)12-4-2-3-5-13(12)20/h6-7,12-13,20H,2-5,8-11H2,1H3. The SMILES string of the molecule is COc1ccnc(N2CCN(C3CCCCC3O)CC2)n1. The van der Waals surface area contributed by atoms with E-state index in [0.29, 0.717) is 11.9 Å². The molecule has 1 N–H and O–H groups in total. The van der Waals surface area contributed by atoms with Crippen LogP contribution >= 0.6 is 0 Å². The number of methoxy groups -OCH3 is 1. The summed E-state index contributed by atoms with van der Waals surface area (Å²) in [6, 6.07) is 2.10. The minimum atomic E-state index is -0.154. The Bertz CT molecular complexity index is 463. The molecule has 1 aliphatic heterocycles. The van der Waals surface area contributed by atoms with Crippen LogP contribution in [0.3, 0.4) is 0 Å². The van der Waals surface area contributed by atoms with Gasteiger partial charge in [0.25, 0.3) is 0 Å². The van der Waals surface area contributed by atoms with Crippen molar-refractivity contribution in [2.45, 2.75) is 37.8 Å². The number of nitrogens with zero attached hydrogens (tertiary/aromatic N) is 4. The summed E-state index contributed by atoms with van der Waals surface area (Å²) in [7, 11) is 1.62. The highest BCUT2D eigenvalue weighted by Crippen LogP contribution is 2.25. The highest BCUT2D eigenvalue weighted by atomic mass is 16.5. The average Bonchev–Trinajstić information content (AvgIpc) is 2.56. The van der Waals surface area contributed by atoms with Crippen LogP contribution in [0.5, 0.6) is 5.88 Å². The zero-order valence-corrected chi connectivity index (χ0v) is 12.6. The second-order valence-corrected chi connectivity index (χ2v) is 5.84. The molecule has 6 heteroatoms. The molecular formula is C15H24N4O2. The summed E-state index contributed by atoms with van der Waals surface area (Å²) in [4.78, 5) is 13.3. The Kier molecular flexibility index (Phi) is 4.55. The third-order valence-corrected chi connectivity index (χ3v) is 4.59. The zero-order valence-electron chi connectivity index (χ0n) is 12.6. The number of aliphatic hydroxyl groups is 1. The van der Waals surface area contributed by atoms with E-state index in [1.54, 1.807) is 19.4 Å². The number of aromatic nitrogens is 2. The highest BCUT2D eigenvalue weighted by Gasteiger charge is 2.31. The van der Waals surface area contributed by atoms with Crippen LogP contribution in [0.15, 0.2) is 12.3 Å². The molecule has 0 bridgehead atoms. The van der Waals surface area contributed by atoms with Gasteiger partial charge in [-0.3, -0.25) is 4.90 Å². The topological polar surface area (TPSA) is 61.7 Å². The van der Waals surface area contributed by atoms with Crippen molar-refractivity contribution in [2.24, 2.45) is 0 Å². The van der Waals surface area contributed by atoms with E-state index in [-0.39, 0.29) is 6.10 Å². The molecule has 2 unspecified atom stereocenters. The van der Waals surface area contributed by atoms with E-state index in [4.69, 9.17) is 4.74 Å². The van der Waals surface area contributed by atoms with Crippen LogP contribution in [0, 0.1) is 0 Å². The van der Waals surface area contributed by atoms with E-state index in [1.807, 2.05) is 0 Å². The monoisotopic (exact) mass is 292 g/mol. The maximum absolute atomic E-state index is 10.2. The smallest absolute Gasteiger partial charge is 0.228 e. The minimum absolute atomic E-state index is 0.154. The summed E-state index contributed by atoms with van der Waals surface area (Å²) < 4.78 is 5.15. The van der Waals surface area contributed by atoms with Crippen LogP contribution in [0.25, 0.3) is 0 Å². The van der Waals surface area contributed by atoms with Crippen molar-refractivity contribution < 1.29 is 9.84 Å². The lowest BCUT2D eigenvalue weighted by Gasteiger charge is -2.42. The second-order valence-electron chi connectivity index (χ2n) is 5.84. The normalized spacial score (nSPS) is 27.6. The van der Waals surface area contributed by atoms with Gasteiger partial charge in [-0.1, -0.05) is 12.8 Å². The van der Waals surface area contributed by atoms with Crippen LogP contribution in [-0.4, -0.2) is 65.4 Å². The van der Waals surface area contributed by atoms with Crippen molar-refractivity contribution in [3.05, 3.63) is 12.3 Å². The van der Waals surface area contributed by atoms with E-state index in [9.17, 15) is 5.11 Å². The van der Waals surface area contributed by atoms with Crippen LogP contribution in [0.2, 0.25) is 0 Å². The van der Waals surface area contributed by atoms with Crippen LogP contribution in [0.4, 0.5) is 5.95 Å². The number of hydrogen-bond donors (Lipinski definition) is 1. The van der Waals surface area contributed by atoms with Crippen LogP contribution in [0.1, 0.15) is 25.7 Å². The van der Waals surface area contributed by atoms with Gasteiger partial charge in [-0.2, -0.15) is 4.98 Å². The Morgan fingerprint density at radius 1 is 1.19 bits per heavy atom. The van der Waals surface area contributed by atoms with Gasteiger partial charge in [0.1, 0.15) is 0 Å². The number of ether oxygens (including phenoxy) is 1.